The summed E-state index contributed by atoms with van der Waals surface area (Å²) in [5, 5.41) is 19.5. The molecule has 0 spiro atoms. The number of benzene rings is 1. The molecule has 2 heterocycles. The van der Waals surface area contributed by atoms with Gasteiger partial charge in [0.25, 0.3) is 0 Å². The van der Waals surface area contributed by atoms with Gasteiger partial charge in [0.1, 0.15) is 5.69 Å². The van der Waals surface area contributed by atoms with E-state index >= 15 is 0 Å². The second-order valence-electron chi connectivity index (χ2n) is 5.55. The number of halogens is 2. The summed E-state index contributed by atoms with van der Waals surface area (Å²) in [4.78, 5) is 2.18. The van der Waals surface area contributed by atoms with Crippen molar-refractivity contribution in [2.45, 2.75) is 12.6 Å². The van der Waals surface area contributed by atoms with Crippen molar-refractivity contribution in [2.24, 2.45) is 0 Å². The highest BCUT2D eigenvalue weighted by molar-refractivity contribution is 6.35. The average Bonchev–Trinajstić information content (AvgIpc) is 2.95. The first-order valence-electron chi connectivity index (χ1n) is 7.45. The largest absolute Gasteiger partial charge is 0.390 e. The summed E-state index contributed by atoms with van der Waals surface area (Å²) in [5.41, 5.74) is 1.48. The third-order valence-electron chi connectivity index (χ3n) is 3.67. The Morgan fingerprint density at radius 2 is 1.83 bits per heavy atom. The van der Waals surface area contributed by atoms with Gasteiger partial charge in [-0.3, -0.25) is 4.90 Å². The number of ether oxygens (including phenoxy) is 1. The molecule has 1 aliphatic rings. The number of morpholine rings is 1. The van der Waals surface area contributed by atoms with E-state index in [1.165, 1.54) is 0 Å². The lowest BCUT2D eigenvalue weighted by atomic mass is 10.2. The first kappa shape index (κ1) is 16.7. The van der Waals surface area contributed by atoms with E-state index in [1.807, 2.05) is 0 Å². The van der Waals surface area contributed by atoms with Crippen molar-refractivity contribution in [3.05, 3.63) is 34.4 Å². The van der Waals surface area contributed by atoms with Gasteiger partial charge in [-0.25, -0.2) is 4.68 Å². The maximum Gasteiger partial charge on any atom is 0.113 e. The van der Waals surface area contributed by atoms with E-state index in [2.05, 4.69) is 15.2 Å². The molecular formula is C15H18Cl2N4O2. The van der Waals surface area contributed by atoms with Crippen LogP contribution in [0.5, 0.6) is 0 Å². The maximum atomic E-state index is 10.2. The highest BCUT2D eigenvalue weighted by atomic mass is 35.5. The third kappa shape index (κ3) is 4.65. The Bertz CT molecular complexity index is 638. The van der Waals surface area contributed by atoms with Crippen molar-refractivity contribution in [2.75, 3.05) is 32.8 Å². The number of hydrogen-bond acceptors (Lipinski definition) is 5. The number of aliphatic hydroxyl groups excluding tert-OH is 1. The lowest BCUT2D eigenvalue weighted by Gasteiger charge is -2.28. The summed E-state index contributed by atoms with van der Waals surface area (Å²) in [7, 11) is 0. The Balaban J connectivity index is 1.62. The van der Waals surface area contributed by atoms with Crippen LogP contribution in [0.1, 0.15) is 0 Å². The van der Waals surface area contributed by atoms with Crippen molar-refractivity contribution in [3.8, 4) is 11.3 Å². The molecular weight excluding hydrogens is 339 g/mol. The van der Waals surface area contributed by atoms with Crippen LogP contribution >= 0.6 is 23.2 Å². The van der Waals surface area contributed by atoms with Gasteiger partial charge in [-0.2, -0.15) is 0 Å². The van der Waals surface area contributed by atoms with Gasteiger partial charge in [0.2, 0.25) is 0 Å². The monoisotopic (exact) mass is 356 g/mol. The molecule has 1 aliphatic heterocycles. The third-order valence-corrected chi connectivity index (χ3v) is 4.10. The second kappa shape index (κ2) is 7.59. The normalized spacial score (nSPS) is 17.3. The number of aromatic nitrogens is 3. The second-order valence-corrected chi connectivity index (χ2v) is 6.42. The lowest BCUT2D eigenvalue weighted by molar-refractivity contribution is 0.0107. The number of rotatable bonds is 5. The van der Waals surface area contributed by atoms with Crippen molar-refractivity contribution in [1.29, 1.82) is 0 Å². The topological polar surface area (TPSA) is 63.4 Å². The van der Waals surface area contributed by atoms with E-state index < -0.39 is 6.10 Å². The van der Waals surface area contributed by atoms with E-state index in [9.17, 15) is 5.11 Å². The standard InChI is InChI=1S/C15H18Cl2N4O2/c16-12-5-11(6-13(17)7-12)15-10-21(19-18-15)9-14(22)8-20-1-3-23-4-2-20/h5-7,10,14,22H,1-4,8-9H2. The molecule has 0 amide bonds. The number of β-amino-alcohol motifs (C(OH)–C–C–N with tert-alkyl or cyclic N) is 1. The molecule has 2 aromatic rings. The minimum absolute atomic E-state index is 0.388. The van der Waals surface area contributed by atoms with Crippen molar-refractivity contribution in [3.63, 3.8) is 0 Å². The van der Waals surface area contributed by atoms with Crippen LogP contribution in [-0.2, 0) is 11.3 Å². The SMILES string of the molecule is OC(CN1CCOCC1)Cn1cc(-c2cc(Cl)cc(Cl)c2)nn1. The molecule has 23 heavy (non-hydrogen) atoms. The van der Waals surface area contributed by atoms with Crippen LogP contribution in [0.15, 0.2) is 24.4 Å². The van der Waals surface area contributed by atoms with E-state index in [4.69, 9.17) is 27.9 Å². The molecule has 8 heteroatoms. The molecule has 0 radical (unpaired) electrons. The summed E-state index contributed by atoms with van der Waals surface area (Å²) in [6.07, 6.45) is 1.27. The molecule has 1 saturated heterocycles. The first-order valence-corrected chi connectivity index (χ1v) is 8.20. The molecule has 6 nitrogen and oxygen atoms in total. The zero-order valence-electron chi connectivity index (χ0n) is 12.5. The van der Waals surface area contributed by atoms with Crippen molar-refractivity contribution in [1.82, 2.24) is 19.9 Å². The smallest absolute Gasteiger partial charge is 0.113 e. The number of nitrogens with zero attached hydrogens (tertiary/aromatic N) is 4. The van der Waals surface area contributed by atoms with Crippen molar-refractivity contribution >= 4 is 23.2 Å². The van der Waals surface area contributed by atoms with Gasteiger partial charge in [-0.05, 0) is 18.2 Å². The van der Waals surface area contributed by atoms with Gasteiger partial charge >= 0.3 is 0 Å². The summed E-state index contributed by atoms with van der Waals surface area (Å²) < 4.78 is 6.93. The Morgan fingerprint density at radius 3 is 2.52 bits per heavy atom. The molecule has 1 aromatic carbocycles. The molecule has 1 atom stereocenters. The van der Waals surface area contributed by atoms with Gasteiger partial charge in [0.15, 0.2) is 0 Å². The van der Waals surface area contributed by atoms with Gasteiger partial charge in [-0.15, -0.1) is 5.10 Å². The molecule has 1 N–H and O–H groups in total. The van der Waals surface area contributed by atoms with Crippen LogP contribution in [0, 0.1) is 0 Å². The fourth-order valence-electron chi connectivity index (χ4n) is 2.58. The zero-order chi connectivity index (χ0) is 16.2. The highest BCUT2D eigenvalue weighted by Gasteiger charge is 2.16. The van der Waals surface area contributed by atoms with Gasteiger partial charge in [0, 0.05) is 35.2 Å². The minimum Gasteiger partial charge on any atom is -0.390 e. The molecule has 0 bridgehead atoms. The van der Waals surface area contributed by atoms with Crippen LogP contribution < -0.4 is 0 Å². The molecule has 3 rings (SSSR count). The molecule has 124 valence electrons. The molecule has 0 aliphatic carbocycles. The van der Waals surface area contributed by atoms with Crippen LogP contribution in [0.25, 0.3) is 11.3 Å². The van der Waals surface area contributed by atoms with Crippen molar-refractivity contribution < 1.29 is 9.84 Å². The lowest BCUT2D eigenvalue weighted by Crippen LogP contribution is -2.42. The van der Waals surface area contributed by atoms with E-state index in [0.29, 0.717) is 28.8 Å². The number of aliphatic hydroxyl groups is 1. The Hall–Kier alpha value is -1.18. The first-order chi connectivity index (χ1) is 11.1. The molecule has 0 saturated carbocycles. The molecule has 1 aromatic heterocycles. The van der Waals surface area contributed by atoms with Gasteiger partial charge in [-0.1, -0.05) is 28.4 Å². The van der Waals surface area contributed by atoms with Crippen LogP contribution in [0.4, 0.5) is 0 Å². The van der Waals surface area contributed by atoms with E-state index in [1.54, 1.807) is 29.1 Å². The van der Waals surface area contributed by atoms with Gasteiger partial charge < -0.3 is 9.84 Å². The summed E-state index contributed by atoms with van der Waals surface area (Å²) in [5.74, 6) is 0. The van der Waals surface area contributed by atoms with E-state index in [0.717, 1.165) is 31.9 Å². The highest BCUT2D eigenvalue weighted by Crippen LogP contribution is 2.25. The zero-order valence-corrected chi connectivity index (χ0v) is 14.0. The predicted octanol–water partition coefficient (Wildman–Crippen LogP) is 1.94. The molecule has 1 fully saturated rings. The maximum absolute atomic E-state index is 10.2. The summed E-state index contributed by atoms with van der Waals surface area (Å²) >= 11 is 12.0. The van der Waals surface area contributed by atoms with Gasteiger partial charge in [0.05, 0.1) is 32.1 Å². The Labute approximate surface area is 144 Å². The Kier molecular flexibility index (Phi) is 5.50. The predicted molar refractivity (Wildman–Crippen MR) is 88.7 cm³/mol. The quantitative estimate of drug-likeness (QED) is 0.886. The fourth-order valence-corrected chi connectivity index (χ4v) is 3.10. The van der Waals surface area contributed by atoms with Crippen LogP contribution in [0.2, 0.25) is 10.0 Å². The average molecular weight is 357 g/mol. The number of hydrogen-bond donors (Lipinski definition) is 1. The van der Waals surface area contributed by atoms with Crippen LogP contribution in [0.3, 0.4) is 0 Å². The van der Waals surface area contributed by atoms with Crippen LogP contribution in [-0.4, -0.2) is 64.0 Å². The Morgan fingerprint density at radius 1 is 1.13 bits per heavy atom. The summed E-state index contributed by atoms with van der Waals surface area (Å²) in [6.45, 7) is 4.12. The van der Waals surface area contributed by atoms with E-state index in [-0.39, 0.29) is 0 Å². The molecule has 1 unspecified atom stereocenters. The summed E-state index contributed by atoms with van der Waals surface area (Å²) in [6, 6.07) is 5.24. The minimum atomic E-state index is -0.509. The fraction of sp³-hybridized carbons (Fsp3) is 0.467.